The second kappa shape index (κ2) is 4.46. The molecule has 1 N–H and O–H groups in total. The maximum Gasteiger partial charge on any atom is 0.124 e. The van der Waals surface area contributed by atoms with E-state index in [0.29, 0.717) is 0 Å². The van der Waals surface area contributed by atoms with Gasteiger partial charge in [-0.2, -0.15) is 0 Å². The van der Waals surface area contributed by atoms with Crippen molar-refractivity contribution >= 4 is 0 Å². The number of hydrogen-bond acceptors (Lipinski definition) is 3. The number of benzene rings is 1. The zero-order valence-corrected chi connectivity index (χ0v) is 10.2. The summed E-state index contributed by atoms with van der Waals surface area (Å²) in [5.74, 6) is -0.221. The molecule has 18 heavy (non-hydrogen) atoms. The quantitative estimate of drug-likeness (QED) is 0.834. The Balaban J connectivity index is 2.16. The van der Waals surface area contributed by atoms with Crippen LogP contribution >= 0.6 is 0 Å². The van der Waals surface area contributed by atoms with Crippen molar-refractivity contribution in [2.45, 2.75) is 19.9 Å². The van der Waals surface area contributed by atoms with Gasteiger partial charge in [0.2, 0.25) is 0 Å². The van der Waals surface area contributed by atoms with Crippen LogP contribution in [0.3, 0.4) is 0 Å². The lowest BCUT2D eigenvalue weighted by Crippen LogP contribution is -2.25. The Hall–Kier alpha value is -1.81. The summed E-state index contributed by atoms with van der Waals surface area (Å²) < 4.78 is 13.5. The molecule has 0 saturated heterocycles. The van der Waals surface area contributed by atoms with Crippen LogP contribution in [0.4, 0.5) is 4.39 Å². The van der Waals surface area contributed by atoms with Gasteiger partial charge in [-0.05, 0) is 30.7 Å². The van der Waals surface area contributed by atoms with E-state index in [-0.39, 0.29) is 5.82 Å². The first-order valence-electron chi connectivity index (χ1n) is 6.05. The van der Waals surface area contributed by atoms with Crippen molar-refractivity contribution in [1.29, 1.82) is 0 Å². The number of aryl methyl sites for hydroxylation is 1. The molecule has 0 radical (unpaired) electrons. The van der Waals surface area contributed by atoms with Gasteiger partial charge >= 0.3 is 0 Å². The van der Waals surface area contributed by atoms with Crippen molar-refractivity contribution in [3.63, 3.8) is 0 Å². The second-order valence-electron chi connectivity index (χ2n) is 4.59. The Bertz CT molecular complexity index is 575. The number of rotatable bonds is 1. The highest BCUT2D eigenvalue weighted by atomic mass is 19.1. The van der Waals surface area contributed by atoms with Gasteiger partial charge in [0.15, 0.2) is 0 Å². The minimum absolute atomic E-state index is 0.221. The molecule has 0 bridgehead atoms. The highest BCUT2D eigenvalue weighted by Gasteiger charge is 2.16. The van der Waals surface area contributed by atoms with E-state index in [9.17, 15) is 4.39 Å². The van der Waals surface area contributed by atoms with Crippen LogP contribution < -0.4 is 5.32 Å². The molecular weight excluding hydrogens is 229 g/mol. The number of aromatic nitrogens is 2. The van der Waals surface area contributed by atoms with Gasteiger partial charge < -0.3 is 5.32 Å². The van der Waals surface area contributed by atoms with E-state index < -0.39 is 0 Å². The zero-order chi connectivity index (χ0) is 12.5. The fraction of sp³-hybridized carbons (Fsp3) is 0.286. The lowest BCUT2D eigenvalue weighted by Gasteiger charge is -2.18. The van der Waals surface area contributed by atoms with Gasteiger partial charge in [0.1, 0.15) is 12.1 Å². The molecular formula is C14H14FN3. The molecule has 1 aromatic heterocycles. The van der Waals surface area contributed by atoms with Gasteiger partial charge in [-0.15, -0.1) is 0 Å². The molecule has 0 unspecified atom stereocenters. The normalized spacial score (nSPS) is 14.3. The predicted molar refractivity (Wildman–Crippen MR) is 67.6 cm³/mol. The zero-order valence-electron chi connectivity index (χ0n) is 10.2. The van der Waals surface area contributed by atoms with Crippen LogP contribution in [0.15, 0.2) is 24.5 Å². The Morgan fingerprint density at radius 1 is 1.22 bits per heavy atom. The lowest BCUT2D eigenvalue weighted by atomic mass is 9.99. The smallest absolute Gasteiger partial charge is 0.124 e. The van der Waals surface area contributed by atoms with Crippen molar-refractivity contribution < 1.29 is 4.39 Å². The second-order valence-corrected chi connectivity index (χ2v) is 4.59. The summed E-state index contributed by atoms with van der Waals surface area (Å²) in [6.07, 6.45) is 2.47. The third-order valence-corrected chi connectivity index (χ3v) is 3.19. The molecule has 0 saturated carbocycles. The summed E-state index contributed by atoms with van der Waals surface area (Å²) in [4.78, 5) is 8.63. The molecule has 2 heterocycles. The predicted octanol–water partition coefficient (Wildman–Crippen LogP) is 2.24. The average Bonchev–Trinajstić information content (AvgIpc) is 2.37. The van der Waals surface area contributed by atoms with E-state index in [1.54, 1.807) is 6.33 Å². The summed E-state index contributed by atoms with van der Waals surface area (Å²) in [6.45, 7) is 3.57. The monoisotopic (exact) mass is 243 g/mol. The van der Waals surface area contributed by atoms with E-state index in [1.165, 1.54) is 12.1 Å². The highest BCUT2D eigenvalue weighted by molar-refractivity contribution is 5.64. The fourth-order valence-corrected chi connectivity index (χ4v) is 2.39. The molecule has 1 aliphatic rings. The topological polar surface area (TPSA) is 37.8 Å². The van der Waals surface area contributed by atoms with E-state index in [1.807, 2.05) is 13.0 Å². The standard InChI is InChI=1S/C14H14FN3/c1-9-4-10(6-11(15)5-9)14-12-7-16-3-2-13(12)17-8-18-14/h4-6,8,16H,2-3,7H2,1H3. The van der Waals surface area contributed by atoms with E-state index >= 15 is 0 Å². The van der Waals surface area contributed by atoms with Gasteiger partial charge in [0, 0.05) is 30.6 Å². The molecule has 3 rings (SSSR count). The summed E-state index contributed by atoms with van der Waals surface area (Å²) >= 11 is 0. The summed E-state index contributed by atoms with van der Waals surface area (Å²) in [5, 5.41) is 3.31. The van der Waals surface area contributed by atoms with Gasteiger partial charge in [-0.1, -0.05) is 0 Å². The Morgan fingerprint density at radius 2 is 2.11 bits per heavy atom. The largest absolute Gasteiger partial charge is 0.312 e. The van der Waals surface area contributed by atoms with Crippen molar-refractivity contribution in [3.05, 3.63) is 47.2 Å². The van der Waals surface area contributed by atoms with Crippen LogP contribution in [0.25, 0.3) is 11.3 Å². The summed E-state index contributed by atoms with van der Waals surface area (Å²) in [7, 11) is 0. The van der Waals surface area contributed by atoms with E-state index in [4.69, 9.17) is 0 Å². The Labute approximate surface area is 105 Å². The number of fused-ring (bicyclic) bond motifs is 1. The first-order chi connectivity index (χ1) is 8.74. The molecule has 92 valence electrons. The maximum absolute atomic E-state index is 13.5. The first-order valence-corrected chi connectivity index (χ1v) is 6.05. The molecule has 1 aliphatic heterocycles. The molecule has 2 aromatic rings. The molecule has 0 fully saturated rings. The molecule has 0 amide bonds. The molecule has 0 atom stereocenters. The number of nitrogens with zero attached hydrogens (tertiary/aromatic N) is 2. The van der Waals surface area contributed by atoms with Crippen molar-refractivity contribution in [1.82, 2.24) is 15.3 Å². The van der Waals surface area contributed by atoms with E-state index in [0.717, 1.165) is 47.6 Å². The Morgan fingerprint density at radius 3 is 2.94 bits per heavy atom. The van der Waals surface area contributed by atoms with Crippen molar-refractivity contribution in [3.8, 4) is 11.3 Å². The van der Waals surface area contributed by atoms with Crippen LogP contribution in [-0.2, 0) is 13.0 Å². The van der Waals surface area contributed by atoms with Crippen molar-refractivity contribution in [2.75, 3.05) is 6.54 Å². The minimum Gasteiger partial charge on any atom is -0.312 e. The lowest BCUT2D eigenvalue weighted by molar-refractivity contribution is 0.623. The van der Waals surface area contributed by atoms with Gasteiger partial charge in [-0.25, -0.2) is 14.4 Å². The highest BCUT2D eigenvalue weighted by Crippen LogP contribution is 2.26. The van der Waals surface area contributed by atoms with Crippen LogP contribution in [-0.4, -0.2) is 16.5 Å². The first kappa shape index (κ1) is 11.3. The van der Waals surface area contributed by atoms with E-state index in [2.05, 4.69) is 15.3 Å². The molecule has 1 aromatic carbocycles. The van der Waals surface area contributed by atoms with Crippen LogP contribution in [0.1, 0.15) is 16.8 Å². The number of nitrogens with one attached hydrogen (secondary N) is 1. The van der Waals surface area contributed by atoms with Gasteiger partial charge in [0.25, 0.3) is 0 Å². The van der Waals surface area contributed by atoms with Crippen LogP contribution in [0.2, 0.25) is 0 Å². The fourth-order valence-electron chi connectivity index (χ4n) is 2.39. The van der Waals surface area contributed by atoms with Gasteiger partial charge in [0.05, 0.1) is 11.4 Å². The SMILES string of the molecule is Cc1cc(F)cc(-c2ncnc3c2CNCC3)c1. The third-order valence-electron chi connectivity index (χ3n) is 3.19. The molecule has 4 heteroatoms. The van der Waals surface area contributed by atoms with Crippen molar-refractivity contribution in [2.24, 2.45) is 0 Å². The summed E-state index contributed by atoms with van der Waals surface area (Å²) in [5.41, 5.74) is 4.74. The summed E-state index contributed by atoms with van der Waals surface area (Å²) in [6, 6.07) is 5.01. The molecule has 3 nitrogen and oxygen atoms in total. The van der Waals surface area contributed by atoms with Crippen LogP contribution in [0.5, 0.6) is 0 Å². The molecule has 0 aliphatic carbocycles. The average molecular weight is 243 g/mol. The Kier molecular flexibility index (Phi) is 2.80. The van der Waals surface area contributed by atoms with Gasteiger partial charge in [-0.3, -0.25) is 0 Å². The maximum atomic E-state index is 13.5. The minimum atomic E-state index is -0.221. The number of hydrogen-bond donors (Lipinski definition) is 1. The number of halogens is 1. The van der Waals surface area contributed by atoms with Crippen LogP contribution in [0, 0.1) is 12.7 Å². The molecule has 0 spiro atoms. The third kappa shape index (κ3) is 1.99.